The molecule has 0 spiro atoms. The molecule has 0 radical (unpaired) electrons. The molecule has 0 amide bonds. The Hall–Kier alpha value is -2.13. The summed E-state index contributed by atoms with van der Waals surface area (Å²) in [6.45, 7) is 3.09. The molecule has 23 heavy (non-hydrogen) atoms. The second kappa shape index (κ2) is 6.97. The maximum absolute atomic E-state index is 11.6. The summed E-state index contributed by atoms with van der Waals surface area (Å²) in [6.07, 6.45) is 2.57. The van der Waals surface area contributed by atoms with Crippen molar-refractivity contribution in [2.75, 3.05) is 6.61 Å². The molecule has 0 saturated heterocycles. The maximum atomic E-state index is 11.6. The van der Waals surface area contributed by atoms with Crippen LogP contribution >= 0.6 is 0 Å². The van der Waals surface area contributed by atoms with E-state index < -0.39 is 0 Å². The van der Waals surface area contributed by atoms with Gasteiger partial charge in [0.25, 0.3) is 0 Å². The minimum absolute atomic E-state index is 0.0373. The van der Waals surface area contributed by atoms with Crippen molar-refractivity contribution in [3.8, 4) is 11.1 Å². The number of hydrogen-bond acceptors (Lipinski definition) is 3. The Morgan fingerprint density at radius 3 is 2.30 bits per heavy atom. The van der Waals surface area contributed by atoms with Crippen LogP contribution in [0.5, 0.6) is 0 Å². The van der Waals surface area contributed by atoms with Gasteiger partial charge in [0.15, 0.2) is 0 Å². The van der Waals surface area contributed by atoms with Gasteiger partial charge in [0, 0.05) is 12.1 Å². The van der Waals surface area contributed by atoms with Crippen LogP contribution in [0.25, 0.3) is 11.1 Å². The molecule has 120 valence electrons. The zero-order chi connectivity index (χ0) is 16.1. The highest BCUT2D eigenvalue weighted by atomic mass is 16.5. The molecule has 2 aromatic carbocycles. The lowest BCUT2D eigenvalue weighted by atomic mass is 10.0. The lowest BCUT2D eigenvalue weighted by Gasteiger charge is -2.16. The van der Waals surface area contributed by atoms with E-state index in [-0.39, 0.29) is 11.5 Å². The Kier molecular flexibility index (Phi) is 4.77. The quantitative estimate of drug-likeness (QED) is 0.788. The number of esters is 1. The van der Waals surface area contributed by atoms with Crippen LogP contribution in [-0.2, 0) is 16.1 Å². The first-order valence-electron chi connectivity index (χ1n) is 8.26. The van der Waals surface area contributed by atoms with Crippen molar-refractivity contribution in [1.82, 2.24) is 5.32 Å². The van der Waals surface area contributed by atoms with Gasteiger partial charge in [0.05, 0.1) is 13.0 Å². The second-order valence-corrected chi connectivity index (χ2v) is 6.18. The van der Waals surface area contributed by atoms with Gasteiger partial charge in [-0.2, -0.15) is 0 Å². The molecule has 1 aliphatic carbocycles. The van der Waals surface area contributed by atoms with E-state index in [2.05, 4.69) is 53.8 Å². The van der Waals surface area contributed by atoms with Crippen LogP contribution in [0.1, 0.15) is 31.7 Å². The SMILES string of the molecule is CCOC(=O)CC1(NCc2ccc(-c3ccccc3)cc2)CC1. The number of carbonyl (C=O) groups is 1. The molecule has 1 N–H and O–H groups in total. The standard InChI is InChI=1S/C20H23NO2/c1-2-23-19(22)14-20(12-13-20)21-15-16-8-10-18(11-9-16)17-6-4-3-5-7-17/h3-11,21H,2,12-15H2,1H3. The zero-order valence-electron chi connectivity index (χ0n) is 13.5. The summed E-state index contributed by atoms with van der Waals surface area (Å²) < 4.78 is 5.06. The van der Waals surface area contributed by atoms with Crippen LogP contribution in [0.15, 0.2) is 54.6 Å². The summed E-state index contributed by atoms with van der Waals surface area (Å²) >= 11 is 0. The molecule has 3 rings (SSSR count). The van der Waals surface area contributed by atoms with Gasteiger partial charge in [-0.1, -0.05) is 54.6 Å². The Balaban J connectivity index is 1.56. The molecule has 1 saturated carbocycles. The average molecular weight is 309 g/mol. The highest BCUT2D eigenvalue weighted by Gasteiger charge is 2.44. The van der Waals surface area contributed by atoms with Gasteiger partial charge in [-0.15, -0.1) is 0 Å². The Bertz CT molecular complexity index is 645. The van der Waals surface area contributed by atoms with Gasteiger partial charge in [0.2, 0.25) is 0 Å². The summed E-state index contributed by atoms with van der Waals surface area (Å²) in [5, 5.41) is 3.53. The van der Waals surface area contributed by atoms with Gasteiger partial charge in [-0.3, -0.25) is 4.79 Å². The van der Waals surface area contributed by atoms with E-state index in [9.17, 15) is 4.79 Å². The van der Waals surface area contributed by atoms with Gasteiger partial charge in [-0.05, 0) is 36.5 Å². The van der Waals surface area contributed by atoms with Gasteiger partial charge in [0.1, 0.15) is 0 Å². The molecule has 0 aromatic heterocycles. The number of nitrogens with one attached hydrogen (secondary N) is 1. The second-order valence-electron chi connectivity index (χ2n) is 6.18. The number of hydrogen-bond donors (Lipinski definition) is 1. The Morgan fingerprint density at radius 2 is 1.70 bits per heavy atom. The molecule has 2 aromatic rings. The highest BCUT2D eigenvalue weighted by Crippen LogP contribution is 2.39. The number of ether oxygens (including phenoxy) is 1. The fourth-order valence-electron chi connectivity index (χ4n) is 2.79. The van der Waals surface area contributed by atoms with Crippen molar-refractivity contribution in [3.05, 3.63) is 60.2 Å². The van der Waals surface area contributed by atoms with E-state index in [1.54, 1.807) is 0 Å². The number of rotatable bonds is 7. The third-order valence-corrected chi connectivity index (χ3v) is 4.37. The van der Waals surface area contributed by atoms with E-state index in [4.69, 9.17) is 4.74 Å². The Labute approximate surface area is 137 Å². The van der Waals surface area contributed by atoms with Gasteiger partial charge in [-0.25, -0.2) is 0 Å². The fourth-order valence-corrected chi connectivity index (χ4v) is 2.79. The van der Waals surface area contributed by atoms with E-state index in [1.165, 1.54) is 16.7 Å². The van der Waals surface area contributed by atoms with E-state index in [0.29, 0.717) is 13.0 Å². The van der Waals surface area contributed by atoms with Crippen LogP contribution < -0.4 is 5.32 Å². The molecule has 0 atom stereocenters. The summed E-state index contributed by atoms with van der Waals surface area (Å²) in [6, 6.07) is 19.0. The average Bonchev–Trinajstić information content (AvgIpc) is 3.34. The van der Waals surface area contributed by atoms with E-state index in [1.807, 2.05) is 13.0 Å². The van der Waals surface area contributed by atoms with Crippen LogP contribution in [0.3, 0.4) is 0 Å². The maximum Gasteiger partial charge on any atom is 0.307 e. The lowest BCUT2D eigenvalue weighted by molar-refractivity contribution is -0.143. The Morgan fingerprint density at radius 1 is 1.04 bits per heavy atom. The van der Waals surface area contributed by atoms with Crippen LogP contribution in [-0.4, -0.2) is 18.1 Å². The van der Waals surface area contributed by atoms with Crippen molar-refractivity contribution in [2.24, 2.45) is 0 Å². The summed E-state index contributed by atoms with van der Waals surface area (Å²) in [7, 11) is 0. The first-order chi connectivity index (χ1) is 11.2. The summed E-state index contributed by atoms with van der Waals surface area (Å²) in [4.78, 5) is 11.6. The zero-order valence-corrected chi connectivity index (χ0v) is 13.5. The van der Waals surface area contributed by atoms with Crippen molar-refractivity contribution in [2.45, 2.75) is 38.3 Å². The van der Waals surface area contributed by atoms with Crippen LogP contribution in [0.4, 0.5) is 0 Å². The van der Waals surface area contributed by atoms with Crippen molar-refractivity contribution >= 4 is 5.97 Å². The first kappa shape index (κ1) is 15.8. The first-order valence-corrected chi connectivity index (χ1v) is 8.26. The molecule has 1 aliphatic rings. The molecule has 0 aliphatic heterocycles. The molecule has 0 unspecified atom stereocenters. The van der Waals surface area contributed by atoms with Crippen LogP contribution in [0.2, 0.25) is 0 Å². The largest absolute Gasteiger partial charge is 0.466 e. The third kappa shape index (κ3) is 4.20. The minimum atomic E-state index is -0.100. The highest BCUT2D eigenvalue weighted by molar-refractivity contribution is 5.71. The normalized spacial score (nSPS) is 15.2. The molecular formula is C20H23NO2. The molecule has 0 bridgehead atoms. The van der Waals surface area contributed by atoms with E-state index >= 15 is 0 Å². The number of benzene rings is 2. The molecule has 1 fully saturated rings. The third-order valence-electron chi connectivity index (χ3n) is 4.37. The van der Waals surface area contributed by atoms with Gasteiger partial charge < -0.3 is 10.1 Å². The molecular weight excluding hydrogens is 286 g/mol. The van der Waals surface area contributed by atoms with Crippen molar-refractivity contribution in [1.29, 1.82) is 0 Å². The van der Waals surface area contributed by atoms with Crippen molar-refractivity contribution < 1.29 is 9.53 Å². The smallest absolute Gasteiger partial charge is 0.307 e. The predicted octanol–water partition coefficient (Wildman–Crippen LogP) is 3.93. The van der Waals surface area contributed by atoms with Crippen LogP contribution in [0, 0.1) is 0 Å². The predicted molar refractivity (Wildman–Crippen MR) is 91.9 cm³/mol. The molecule has 3 heteroatoms. The van der Waals surface area contributed by atoms with E-state index in [0.717, 1.165) is 19.4 Å². The summed E-state index contributed by atoms with van der Waals surface area (Å²) in [5.41, 5.74) is 3.65. The lowest BCUT2D eigenvalue weighted by Crippen LogP contribution is -2.33. The minimum Gasteiger partial charge on any atom is -0.466 e. The summed E-state index contributed by atoms with van der Waals surface area (Å²) in [5.74, 6) is -0.100. The molecule has 3 nitrogen and oxygen atoms in total. The van der Waals surface area contributed by atoms with Crippen molar-refractivity contribution in [3.63, 3.8) is 0 Å². The molecule has 0 heterocycles. The fraction of sp³-hybridized carbons (Fsp3) is 0.350. The van der Waals surface area contributed by atoms with Gasteiger partial charge >= 0.3 is 5.97 Å². The topological polar surface area (TPSA) is 38.3 Å². The monoisotopic (exact) mass is 309 g/mol. The number of carbonyl (C=O) groups excluding carboxylic acids is 1.